The molecule has 0 aliphatic heterocycles. The SMILES string of the molecule is N#CC1(c2cccnc2)CCC1.NC(=O)C1(c2cccnc2)CCC1. The van der Waals surface area contributed by atoms with Crippen molar-refractivity contribution in [1.82, 2.24) is 9.97 Å². The van der Waals surface area contributed by atoms with Crippen LogP contribution in [0.2, 0.25) is 0 Å². The zero-order valence-electron chi connectivity index (χ0n) is 14.2. The van der Waals surface area contributed by atoms with Crippen LogP contribution in [0.3, 0.4) is 0 Å². The van der Waals surface area contributed by atoms with Crippen molar-refractivity contribution in [3.63, 3.8) is 0 Å². The van der Waals surface area contributed by atoms with Gasteiger partial charge >= 0.3 is 0 Å². The van der Waals surface area contributed by atoms with Gasteiger partial charge in [0, 0.05) is 24.8 Å². The van der Waals surface area contributed by atoms with Gasteiger partial charge in [0.1, 0.15) is 0 Å². The van der Waals surface area contributed by atoms with Crippen molar-refractivity contribution in [2.75, 3.05) is 0 Å². The highest BCUT2D eigenvalue weighted by Gasteiger charge is 2.44. The van der Waals surface area contributed by atoms with E-state index in [-0.39, 0.29) is 11.3 Å². The van der Waals surface area contributed by atoms with Crippen LogP contribution in [0.15, 0.2) is 49.1 Å². The second-order valence-corrected chi connectivity index (χ2v) is 6.83. The van der Waals surface area contributed by atoms with Crippen molar-refractivity contribution < 1.29 is 4.79 Å². The lowest BCUT2D eigenvalue weighted by Crippen LogP contribution is -2.46. The van der Waals surface area contributed by atoms with Crippen LogP contribution in [-0.2, 0) is 15.6 Å². The minimum atomic E-state index is -0.408. The first-order valence-electron chi connectivity index (χ1n) is 8.65. The number of pyridine rings is 2. The molecule has 2 aromatic heterocycles. The summed E-state index contributed by atoms with van der Waals surface area (Å²) in [6, 6.07) is 10.1. The highest BCUT2D eigenvalue weighted by atomic mass is 16.1. The Morgan fingerprint density at radius 2 is 1.56 bits per heavy atom. The molecule has 1 amide bonds. The minimum Gasteiger partial charge on any atom is -0.369 e. The van der Waals surface area contributed by atoms with Crippen LogP contribution in [0.5, 0.6) is 0 Å². The normalized spacial score (nSPS) is 19.2. The number of nitrogens with zero attached hydrogens (tertiary/aromatic N) is 3. The van der Waals surface area contributed by atoms with Gasteiger partial charge in [0.25, 0.3) is 0 Å². The number of primary amides is 1. The summed E-state index contributed by atoms with van der Waals surface area (Å²) in [5, 5.41) is 9.01. The molecule has 0 unspecified atom stereocenters. The Balaban J connectivity index is 0.000000146. The van der Waals surface area contributed by atoms with Gasteiger partial charge in [-0.1, -0.05) is 18.6 Å². The number of hydrogen-bond donors (Lipinski definition) is 1. The van der Waals surface area contributed by atoms with Crippen molar-refractivity contribution in [3.8, 4) is 6.07 Å². The Morgan fingerprint density at radius 1 is 1.00 bits per heavy atom. The second-order valence-electron chi connectivity index (χ2n) is 6.83. The molecule has 4 rings (SSSR count). The Bertz CT molecular complexity index is 759. The van der Waals surface area contributed by atoms with Gasteiger partial charge < -0.3 is 5.73 Å². The first-order valence-corrected chi connectivity index (χ1v) is 8.65. The molecule has 2 heterocycles. The molecule has 0 aromatic carbocycles. The fourth-order valence-corrected chi connectivity index (χ4v) is 3.49. The molecule has 0 radical (unpaired) electrons. The largest absolute Gasteiger partial charge is 0.369 e. The van der Waals surface area contributed by atoms with E-state index in [1.165, 1.54) is 6.42 Å². The van der Waals surface area contributed by atoms with Gasteiger partial charge in [0.05, 0.1) is 16.9 Å². The molecule has 0 atom stereocenters. The van der Waals surface area contributed by atoms with Crippen LogP contribution in [-0.4, -0.2) is 15.9 Å². The quantitative estimate of drug-likeness (QED) is 0.933. The smallest absolute Gasteiger partial charge is 0.228 e. The molecule has 5 nitrogen and oxygen atoms in total. The van der Waals surface area contributed by atoms with Crippen molar-refractivity contribution in [1.29, 1.82) is 5.26 Å². The lowest BCUT2D eigenvalue weighted by Gasteiger charge is -2.38. The molecule has 2 fully saturated rings. The van der Waals surface area contributed by atoms with Gasteiger partial charge in [0.15, 0.2) is 0 Å². The van der Waals surface area contributed by atoms with Crippen molar-refractivity contribution >= 4 is 5.91 Å². The maximum atomic E-state index is 11.3. The van der Waals surface area contributed by atoms with E-state index < -0.39 is 5.41 Å². The molecule has 5 heteroatoms. The number of nitriles is 1. The summed E-state index contributed by atoms with van der Waals surface area (Å²) in [5.41, 5.74) is 6.84. The van der Waals surface area contributed by atoms with E-state index in [9.17, 15) is 4.79 Å². The lowest BCUT2D eigenvalue weighted by molar-refractivity contribution is -0.126. The second kappa shape index (κ2) is 7.02. The monoisotopic (exact) mass is 334 g/mol. The predicted molar refractivity (Wildman–Crippen MR) is 94.3 cm³/mol. The first-order chi connectivity index (χ1) is 12.1. The van der Waals surface area contributed by atoms with Crippen LogP contribution < -0.4 is 5.73 Å². The predicted octanol–water partition coefficient (Wildman–Crippen LogP) is 3.02. The number of nitrogens with two attached hydrogens (primary N) is 1. The van der Waals surface area contributed by atoms with E-state index in [0.29, 0.717) is 0 Å². The van der Waals surface area contributed by atoms with E-state index in [0.717, 1.165) is 43.2 Å². The molecule has 0 saturated heterocycles. The third-order valence-electron chi connectivity index (χ3n) is 5.53. The van der Waals surface area contributed by atoms with Gasteiger partial charge in [-0.25, -0.2) is 0 Å². The zero-order chi connectivity index (χ0) is 17.8. The average Bonchev–Trinajstić information content (AvgIpc) is 2.56. The van der Waals surface area contributed by atoms with Crippen LogP contribution in [0.4, 0.5) is 0 Å². The summed E-state index contributed by atoms with van der Waals surface area (Å²) in [5.74, 6) is -0.216. The van der Waals surface area contributed by atoms with Gasteiger partial charge in [-0.15, -0.1) is 0 Å². The molecular weight excluding hydrogens is 312 g/mol. The van der Waals surface area contributed by atoms with E-state index in [2.05, 4.69) is 16.0 Å². The standard InChI is InChI=1S/C10H12N2O.C10H10N2/c11-9(13)10(4-2-5-10)8-3-1-6-12-7-8;11-8-10(4-2-5-10)9-3-1-6-12-7-9/h1,3,6-7H,2,4-5H2,(H2,11,13);1,3,6-7H,2,4-5H2. The molecule has 0 bridgehead atoms. The van der Waals surface area contributed by atoms with Gasteiger partial charge in [-0.05, 0) is 55.4 Å². The molecule has 2 N–H and O–H groups in total. The van der Waals surface area contributed by atoms with E-state index in [1.807, 2.05) is 30.5 Å². The van der Waals surface area contributed by atoms with Crippen molar-refractivity contribution in [2.24, 2.45) is 5.73 Å². The highest BCUT2D eigenvalue weighted by molar-refractivity contribution is 5.87. The fraction of sp³-hybridized carbons (Fsp3) is 0.400. The molecule has 2 aliphatic rings. The molecule has 128 valence electrons. The number of carbonyl (C=O) groups is 1. The average molecular weight is 334 g/mol. The van der Waals surface area contributed by atoms with Crippen molar-refractivity contribution in [2.45, 2.75) is 49.4 Å². The Hall–Kier alpha value is -2.74. The van der Waals surface area contributed by atoms with Crippen LogP contribution >= 0.6 is 0 Å². The van der Waals surface area contributed by atoms with Gasteiger partial charge in [-0.3, -0.25) is 14.8 Å². The molecule has 2 saturated carbocycles. The Morgan fingerprint density at radius 3 is 1.88 bits per heavy atom. The summed E-state index contributed by atoms with van der Waals surface area (Å²) >= 11 is 0. The van der Waals surface area contributed by atoms with E-state index in [1.54, 1.807) is 18.6 Å². The summed E-state index contributed by atoms with van der Waals surface area (Å²) in [7, 11) is 0. The molecule has 0 spiro atoms. The summed E-state index contributed by atoms with van der Waals surface area (Å²) < 4.78 is 0. The van der Waals surface area contributed by atoms with Gasteiger partial charge in [-0.2, -0.15) is 5.26 Å². The maximum absolute atomic E-state index is 11.3. The molecular formula is C20H22N4O. The van der Waals surface area contributed by atoms with Crippen molar-refractivity contribution in [3.05, 3.63) is 60.2 Å². The zero-order valence-corrected chi connectivity index (χ0v) is 14.2. The number of carbonyl (C=O) groups excluding carboxylic acids is 1. The number of amides is 1. The number of rotatable bonds is 3. The number of aromatic nitrogens is 2. The molecule has 2 aliphatic carbocycles. The summed E-state index contributed by atoms with van der Waals surface area (Å²) in [6.45, 7) is 0. The highest BCUT2D eigenvalue weighted by Crippen LogP contribution is 2.43. The van der Waals surface area contributed by atoms with Crippen LogP contribution in [0.25, 0.3) is 0 Å². The Labute approximate surface area is 147 Å². The fourth-order valence-electron chi connectivity index (χ4n) is 3.49. The van der Waals surface area contributed by atoms with Crippen LogP contribution in [0.1, 0.15) is 49.7 Å². The van der Waals surface area contributed by atoms with E-state index in [4.69, 9.17) is 11.0 Å². The third-order valence-corrected chi connectivity index (χ3v) is 5.53. The third kappa shape index (κ3) is 3.12. The van der Waals surface area contributed by atoms with Gasteiger partial charge in [0.2, 0.25) is 5.91 Å². The van der Waals surface area contributed by atoms with E-state index >= 15 is 0 Å². The number of hydrogen-bond acceptors (Lipinski definition) is 4. The molecule has 2 aromatic rings. The summed E-state index contributed by atoms with van der Waals surface area (Å²) in [6.07, 6.45) is 13.0. The van der Waals surface area contributed by atoms with Crippen LogP contribution in [0, 0.1) is 11.3 Å². The minimum absolute atomic E-state index is 0.200. The molecule has 25 heavy (non-hydrogen) atoms. The lowest BCUT2D eigenvalue weighted by atomic mass is 9.64. The summed E-state index contributed by atoms with van der Waals surface area (Å²) in [4.78, 5) is 19.3. The maximum Gasteiger partial charge on any atom is 0.228 e. The first kappa shape index (κ1) is 17.1. The Kier molecular flexibility index (Phi) is 4.80. The topological polar surface area (TPSA) is 92.7 Å².